The van der Waals surface area contributed by atoms with Crippen LogP contribution in [0.15, 0.2) is 24.3 Å². The van der Waals surface area contributed by atoms with E-state index in [0.717, 1.165) is 51.9 Å². The summed E-state index contributed by atoms with van der Waals surface area (Å²) in [5.74, 6) is 0.758. The van der Waals surface area contributed by atoms with Crippen LogP contribution in [0.25, 0.3) is 0 Å². The molecule has 0 radical (unpaired) electrons. The molecule has 4 rings (SSSR count). The summed E-state index contributed by atoms with van der Waals surface area (Å²) in [6, 6.07) is 9.50. The Balaban J connectivity index is 1.28. The van der Waals surface area contributed by atoms with Gasteiger partial charge in [-0.15, -0.1) is 0 Å². The average molecular weight is 413 g/mol. The number of likely N-dealkylation sites (tertiary alicyclic amines) is 1. The Bertz CT molecular complexity index is 711. The number of carbonyl (C=O) groups excluding carboxylic acids is 2. The molecule has 2 fully saturated rings. The Kier molecular flexibility index (Phi) is 7.21. The highest BCUT2D eigenvalue weighted by atomic mass is 16.5. The average Bonchev–Trinajstić information content (AvgIpc) is 3.41. The molecule has 3 aliphatic rings. The van der Waals surface area contributed by atoms with E-state index in [-0.39, 0.29) is 17.8 Å². The first-order valence-corrected chi connectivity index (χ1v) is 11.8. The number of piperidine rings is 1. The van der Waals surface area contributed by atoms with Gasteiger partial charge in [-0.25, -0.2) is 0 Å². The number of rotatable bonds is 8. The summed E-state index contributed by atoms with van der Waals surface area (Å²) in [5.41, 5.74) is 3.03. The molecule has 2 heterocycles. The standard InChI is InChI=1S/C25H36N2O3/c1-19(28)8-9-25(29)27(18-24-7-4-14-30-24)17-20-10-12-26(13-11-20)23-15-21-5-2-3-6-22(21)16-23/h2-3,5-6,20,23-24H,4,7-18H2,1H3/t24-/m1/s1. The molecular weight excluding hydrogens is 376 g/mol. The van der Waals surface area contributed by atoms with Gasteiger partial charge in [-0.3, -0.25) is 9.69 Å². The van der Waals surface area contributed by atoms with Crippen molar-refractivity contribution >= 4 is 11.7 Å². The summed E-state index contributed by atoms with van der Waals surface area (Å²) in [7, 11) is 0. The van der Waals surface area contributed by atoms with Crippen LogP contribution in [0.4, 0.5) is 0 Å². The van der Waals surface area contributed by atoms with Crippen LogP contribution < -0.4 is 0 Å². The lowest BCUT2D eigenvalue weighted by Gasteiger charge is -2.38. The molecule has 0 bridgehead atoms. The highest BCUT2D eigenvalue weighted by molar-refractivity contribution is 5.83. The SMILES string of the molecule is CC(=O)CCC(=O)N(CC1CCN(C2Cc3ccccc3C2)CC1)C[C@H]1CCCO1. The Labute approximate surface area is 180 Å². The lowest BCUT2D eigenvalue weighted by molar-refractivity contribution is -0.135. The molecule has 0 N–H and O–H groups in total. The number of ether oxygens (including phenoxy) is 1. The normalized spacial score (nSPS) is 22.9. The number of ketones is 1. The van der Waals surface area contributed by atoms with Crippen LogP contribution in [-0.4, -0.2) is 66.4 Å². The van der Waals surface area contributed by atoms with Gasteiger partial charge in [-0.1, -0.05) is 24.3 Å². The minimum absolute atomic E-state index is 0.0892. The van der Waals surface area contributed by atoms with Crippen molar-refractivity contribution in [1.29, 1.82) is 0 Å². The molecule has 5 nitrogen and oxygen atoms in total. The molecular formula is C25H36N2O3. The Morgan fingerprint density at radius 3 is 2.33 bits per heavy atom. The van der Waals surface area contributed by atoms with Crippen molar-refractivity contribution in [2.24, 2.45) is 5.92 Å². The molecule has 2 saturated heterocycles. The van der Waals surface area contributed by atoms with Gasteiger partial charge in [0.25, 0.3) is 0 Å². The van der Waals surface area contributed by atoms with Gasteiger partial charge in [0, 0.05) is 38.6 Å². The van der Waals surface area contributed by atoms with E-state index in [4.69, 9.17) is 4.74 Å². The third-order valence-corrected chi connectivity index (χ3v) is 7.17. The fourth-order valence-electron chi connectivity index (χ4n) is 5.36. The highest BCUT2D eigenvalue weighted by Gasteiger charge is 2.31. The zero-order valence-electron chi connectivity index (χ0n) is 18.4. The van der Waals surface area contributed by atoms with Gasteiger partial charge >= 0.3 is 0 Å². The van der Waals surface area contributed by atoms with Gasteiger partial charge < -0.3 is 14.4 Å². The Hall–Kier alpha value is -1.72. The van der Waals surface area contributed by atoms with E-state index in [2.05, 4.69) is 29.2 Å². The topological polar surface area (TPSA) is 49.9 Å². The van der Waals surface area contributed by atoms with Gasteiger partial charge in [0.15, 0.2) is 0 Å². The van der Waals surface area contributed by atoms with Crippen molar-refractivity contribution in [3.8, 4) is 0 Å². The smallest absolute Gasteiger partial charge is 0.223 e. The summed E-state index contributed by atoms with van der Waals surface area (Å²) < 4.78 is 5.79. The van der Waals surface area contributed by atoms with Crippen LogP contribution in [0.2, 0.25) is 0 Å². The molecule has 1 aromatic carbocycles. The van der Waals surface area contributed by atoms with Crippen LogP contribution in [0.1, 0.15) is 56.6 Å². The number of fused-ring (bicyclic) bond motifs is 1. The first kappa shape index (κ1) is 21.5. The Morgan fingerprint density at radius 2 is 1.73 bits per heavy atom. The largest absolute Gasteiger partial charge is 0.376 e. The molecule has 2 aliphatic heterocycles. The third kappa shape index (κ3) is 5.50. The maximum absolute atomic E-state index is 12.8. The molecule has 1 amide bonds. The van der Waals surface area contributed by atoms with Crippen LogP contribution in [0.3, 0.4) is 0 Å². The maximum Gasteiger partial charge on any atom is 0.223 e. The van der Waals surface area contributed by atoms with Crippen molar-refractivity contribution in [2.45, 2.75) is 70.4 Å². The predicted molar refractivity (Wildman–Crippen MR) is 117 cm³/mol. The summed E-state index contributed by atoms with van der Waals surface area (Å²) >= 11 is 0. The van der Waals surface area contributed by atoms with Gasteiger partial charge in [-0.2, -0.15) is 0 Å². The number of nitrogens with zero attached hydrogens (tertiary/aromatic N) is 2. The van der Waals surface area contributed by atoms with Gasteiger partial charge in [-0.05, 0) is 75.6 Å². The summed E-state index contributed by atoms with van der Waals surface area (Å²) in [6.45, 7) is 6.12. The van der Waals surface area contributed by atoms with Gasteiger partial charge in [0.2, 0.25) is 5.91 Å². The van der Waals surface area contributed by atoms with Gasteiger partial charge in [0.05, 0.1) is 6.10 Å². The molecule has 1 aromatic rings. The number of amides is 1. The van der Waals surface area contributed by atoms with E-state index in [1.807, 2.05) is 4.90 Å². The van der Waals surface area contributed by atoms with E-state index in [9.17, 15) is 9.59 Å². The molecule has 0 spiro atoms. The molecule has 5 heteroatoms. The van der Waals surface area contributed by atoms with E-state index in [1.165, 1.54) is 24.0 Å². The van der Waals surface area contributed by atoms with Crippen LogP contribution in [0.5, 0.6) is 0 Å². The quantitative estimate of drug-likeness (QED) is 0.658. The summed E-state index contributed by atoms with van der Waals surface area (Å²) in [4.78, 5) is 28.8. The van der Waals surface area contributed by atoms with E-state index in [1.54, 1.807) is 6.92 Å². The van der Waals surface area contributed by atoms with Gasteiger partial charge in [0.1, 0.15) is 5.78 Å². The number of carbonyl (C=O) groups is 2. The summed E-state index contributed by atoms with van der Waals surface area (Å²) in [6.07, 6.45) is 7.63. The molecule has 164 valence electrons. The fraction of sp³-hybridized carbons (Fsp3) is 0.680. The van der Waals surface area contributed by atoms with Crippen molar-refractivity contribution < 1.29 is 14.3 Å². The third-order valence-electron chi connectivity index (χ3n) is 7.17. The molecule has 0 aromatic heterocycles. The maximum atomic E-state index is 12.8. The minimum atomic E-state index is 0.0892. The number of hydrogen-bond donors (Lipinski definition) is 0. The fourth-order valence-corrected chi connectivity index (χ4v) is 5.36. The monoisotopic (exact) mass is 412 g/mol. The van der Waals surface area contributed by atoms with Crippen molar-refractivity contribution in [2.75, 3.05) is 32.8 Å². The van der Waals surface area contributed by atoms with Crippen LogP contribution >= 0.6 is 0 Å². The first-order chi connectivity index (χ1) is 14.6. The number of hydrogen-bond acceptors (Lipinski definition) is 4. The number of Topliss-reactive ketones (excluding diaryl/α,β-unsaturated/α-hetero) is 1. The minimum Gasteiger partial charge on any atom is -0.376 e. The summed E-state index contributed by atoms with van der Waals surface area (Å²) in [5, 5.41) is 0. The second kappa shape index (κ2) is 10.1. The van der Waals surface area contributed by atoms with E-state index < -0.39 is 0 Å². The lowest BCUT2D eigenvalue weighted by Crippen LogP contribution is -2.46. The van der Waals surface area contributed by atoms with Crippen LogP contribution in [0, 0.1) is 5.92 Å². The zero-order chi connectivity index (χ0) is 20.9. The van der Waals surface area contributed by atoms with Crippen molar-refractivity contribution in [3.63, 3.8) is 0 Å². The van der Waals surface area contributed by atoms with Crippen molar-refractivity contribution in [3.05, 3.63) is 35.4 Å². The Morgan fingerprint density at radius 1 is 1.03 bits per heavy atom. The molecule has 1 aliphatic carbocycles. The molecule has 30 heavy (non-hydrogen) atoms. The predicted octanol–water partition coefficient (Wildman–Crippen LogP) is 3.24. The van der Waals surface area contributed by atoms with E-state index >= 15 is 0 Å². The van der Waals surface area contributed by atoms with Crippen LogP contribution in [-0.2, 0) is 27.2 Å². The molecule has 1 atom stereocenters. The second-order valence-electron chi connectivity index (χ2n) is 9.45. The zero-order valence-corrected chi connectivity index (χ0v) is 18.4. The molecule has 0 saturated carbocycles. The second-order valence-corrected chi connectivity index (χ2v) is 9.45. The first-order valence-electron chi connectivity index (χ1n) is 11.8. The van der Waals surface area contributed by atoms with Crippen molar-refractivity contribution in [1.82, 2.24) is 9.80 Å². The lowest BCUT2D eigenvalue weighted by atomic mass is 9.94. The number of benzene rings is 1. The molecule has 0 unspecified atom stereocenters. The van der Waals surface area contributed by atoms with E-state index in [0.29, 0.717) is 31.3 Å². The highest BCUT2D eigenvalue weighted by Crippen LogP contribution is 2.29.